The first-order chi connectivity index (χ1) is 5.49. The summed E-state index contributed by atoms with van der Waals surface area (Å²) in [4.78, 5) is 35.0. The minimum atomic E-state index is -1.24. The van der Waals surface area contributed by atoms with Crippen molar-refractivity contribution in [2.24, 2.45) is 17.4 Å². The fourth-order valence-electron chi connectivity index (χ4n) is 0.471. The molecule has 1 atom stereocenters. The van der Waals surface area contributed by atoms with Crippen LogP contribution in [-0.4, -0.2) is 23.7 Å². The van der Waals surface area contributed by atoms with E-state index in [1.165, 1.54) is 0 Å². The van der Waals surface area contributed by atoms with Crippen LogP contribution in [0.3, 0.4) is 0 Å². The van der Waals surface area contributed by atoms with Gasteiger partial charge in [-0.1, -0.05) is 0 Å². The molecule has 12 heavy (non-hydrogen) atoms. The standard InChI is InChI=1S/C5H9N3O4/c6-2(5(11)12-8)1-3(9)4(7)10/h2H,1,6,8H2,(H2,7,10)/t2-/m0/s1. The first kappa shape index (κ1) is 10.5. The van der Waals surface area contributed by atoms with E-state index in [1.807, 2.05) is 0 Å². The molecule has 0 rings (SSSR count). The average molecular weight is 175 g/mol. The summed E-state index contributed by atoms with van der Waals surface area (Å²) < 4.78 is 0. The van der Waals surface area contributed by atoms with Crippen molar-refractivity contribution >= 4 is 17.7 Å². The molecule has 0 aromatic carbocycles. The number of carbonyl (C=O) groups excluding carboxylic acids is 3. The van der Waals surface area contributed by atoms with Crippen LogP contribution in [0.4, 0.5) is 0 Å². The Balaban J connectivity index is 4.01. The molecular weight excluding hydrogens is 166 g/mol. The predicted octanol–water partition coefficient (Wildman–Crippen LogP) is -2.82. The zero-order valence-electron chi connectivity index (χ0n) is 6.15. The zero-order valence-corrected chi connectivity index (χ0v) is 6.15. The highest BCUT2D eigenvalue weighted by atomic mass is 16.7. The van der Waals surface area contributed by atoms with Crippen molar-refractivity contribution in [1.82, 2.24) is 0 Å². The van der Waals surface area contributed by atoms with Gasteiger partial charge < -0.3 is 16.3 Å². The van der Waals surface area contributed by atoms with Crippen LogP contribution in [0.5, 0.6) is 0 Å². The molecule has 0 aliphatic rings. The van der Waals surface area contributed by atoms with E-state index < -0.39 is 30.1 Å². The van der Waals surface area contributed by atoms with Gasteiger partial charge >= 0.3 is 5.97 Å². The Bertz CT molecular complexity index is 215. The maximum absolute atomic E-state index is 10.6. The maximum Gasteiger partial charge on any atom is 0.341 e. The third-order valence-corrected chi connectivity index (χ3v) is 1.10. The molecule has 0 aliphatic heterocycles. The van der Waals surface area contributed by atoms with E-state index in [0.717, 1.165) is 0 Å². The number of ketones is 1. The molecule has 0 saturated heterocycles. The number of hydrogen-bond donors (Lipinski definition) is 3. The Kier molecular flexibility index (Phi) is 3.88. The summed E-state index contributed by atoms with van der Waals surface area (Å²) >= 11 is 0. The number of amides is 1. The van der Waals surface area contributed by atoms with Crippen LogP contribution < -0.4 is 17.4 Å². The van der Waals surface area contributed by atoms with Gasteiger partial charge in [0.1, 0.15) is 6.04 Å². The van der Waals surface area contributed by atoms with Crippen LogP contribution >= 0.6 is 0 Å². The van der Waals surface area contributed by atoms with Crippen LogP contribution in [0.15, 0.2) is 0 Å². The predicted molar refractivity (Wildman–Crippen MR) is 37.1 cm³/mol. The molecule has 0 unspecified atom stereocenters. The summed E-state index contributed by atoms with van der Waals surface area (Å²) in [5.41, 5.74) is 9.68. The van der Waals surface area contributed by atoms with Gasteiger partial charge in [0.15, 0.2) is 0 Å². The van der Waals surface area contributed by atoms with Crippen molar-refractivity contribution in [1.29, 1.82) is 0 Å². The Labute approximate surface area is 67.8 Å². The molecule has 0 saturated carbocycles. The van der Waals surface area contributed by atoms with Gasteiger partial charge in [0.25, 0.3) is 5.91 Å². The second-order valence-electron chi connectivity index (χ2n) is 2.03. The summed E-state index contributed by atoms with van der Waals surface area (Å²) in [6.07, 6.45) is -0.495. The molecule has 0 aliphatic carbocycles. The lowest BCUT2D eigenvalue weighted by Crippen LogP contribution is -2.38. The minimum absolute atomic E-state index is 0.495. The number of rotatable bonds is 4. The van der Waals surface area contributed by atoms with Gasteiger partial charge in [0.05, 0.1) is 0 Å². The van der Waals surface area contributed by atoms with Crippen molar-refractivity contribution in [3.8, 4) is 0 Å². The first-order valence-corrected chi connectivity index (χ1v) is 2.97. The maximum atomic E-state index is 10.6. The average Bonchev–Trinajstić information content (AvgIpc) is 2.02. The molecule has 0 heterocycles. The highest BCUT2D eigenvalue weighted by molar-refractivity contribution is 6.36. The van der Waals surface area contributed by atoms with Gasteiger partial charge in [-0.15, -0.1) is 0 Å². The topological polar surface area (TPSA) is 138 Å². The summed E-state index contributed by atoms with van der Waals surface area (Å²) in [6, 6.07) is -1.24. The van der Waals surface area contributed by atoms with E-state index in [1.54, 1.807) is 0 Å². The minimum Gasteiger partial charge on any atom is -0.372 e. The second-order valence-corrected chi connectivity index (χ2v) is 2.03. The van der Waals surface area contributed by atoms with Crippen LogP contribution in [0.1, 0.15) is 6.42 Å². The van der Waals surface area contributed by atoms with E-state index in [2.05, 4.69) is 16.5 Å². The van der Waals surface area contributed by atoms with Crippen molar-refractivity contribution in [3.63, 3.8) is 0 Å². The van der Waals surface area contributed by atoms with E-state index in [0.29, 0.717) is 0 Å². The van der Waals surface area contributed by atoms with E-state index in [4.69, 9.17) is 5.73 Å². The quantitative estimate of drug-likeness (QED) is 0.311. The number of carbonyl (C=O) groups is 3. The van der Waals surface area contributed by atoms with Crippen molar-refractivity contribution in [2.75, 3.05) is 0 Å². The normalized spacial score (nSPS) is 11.8. The second kappa shape index (κ2) is 4.42. The molecule has 68 valence electrons. The van der Waals surface area contributed by atoms with Crippen LogP contribution in [0.2, 0.25) is 0 Å². The Morgan fingerprint density at radius 1 is 1.33 bits per heavy atom. The lowest BCUT2D eigenvalue weighted by Gasteiger charge is -2.04. The fraction of sp³-hybridized carbons (Fsp3) is 0.400. The summed E-state index contributed by atoms with van der Waals surface area (Å²) in [5.74, 6) is 1.42. The number of hydrogen-bond acceptors (Lipinski definition) is 6. The zero-order chi connectivity index (χ0) is 9.72. The molecule has 0 aromatic heterocycles. The highest BCUT2D eigenvalue weighted by Crippen LogP contribution is 1.91. The largest absolute Gasteiger partial charge is 0.372 e. The number of nitrogens with two attached hydrogens (primary N) is 3. The third-order valence-electron chi connectivity index (χ3n) is 1.10. The van der Waals surface area contributed by atoms with E-state index in [9.17, 15) is 14.4 Å². The Morgan fingerprint density at radius 2 is 1.83 bits per heavy atom. The molecule has 7 nitrogen and oxygen atoms in total. The monoisotopic (exact) mass is 175 g/mol. The molecule has 6 N–H and O–H groups in total. The van der Waals surface area contributed by atoms with Gasteiger partial charge in [-0.2, -0.15) is 5.90 Å². The first-order valence-electron chi connectivity index (χ1n) is 2.97. The smallest absolute Gasteiger partial charge is 0.341 e. The molecular formula is C5H9N3O4. The van der Waals surface area contributed by atoms with Crippen LogP contribution in [0, 0.1) is 0 Å². The highest BCUT2D eigenvalue weighted by Gasteiger charge is 2.21. The van der Waals surface area contributed by atoms with Crippen molar-refractivity contribution < 1.29 is 19.2 Å². The number of primary amides is 1. The molecule has 0 aromatic rings. The molecule has 0 bridgehead atoms. The molecule has 0 fully saturated rings. The van der Waals surface area contributed by atoms with Gasteiger partial charge in [0.2, 0.25) is 5.78 Å². The Morgan fingerprint density at radius 3 is 2.17 bits per heavy atom. The number of Topliss-reactive ketones (excluding diaryl/α,β-unsaturated/α-hetero) is 1. The van der Waals surface area contributed by atoms with Crippen LogP contribution in [0.25, 0.3) is 0 Å². The fourth-order valence-corrected chi connectivity index (χ4v) is 0.471. The van der Waals surface area contributed by atoms with E-state index in [-0.39, 0.29) is 0 Å². The SMILES string of the molecule is NOC(=O)[C@@H](N)CC(=O)C(N)=O. The summed E-state index contributed by atoms with van der Waals surface area (Å²) in [5, 5.41) is 0. The van der Waals surface area contributed by atoms with Gasteiger partial charge in [-0.25, -0.2) is 4.79 Å². The van der Waals surface area contributed by atoms with Gasteiger partial charge in [0, 0.05) is 6.42 Å². The third kappa shape index (κ3) is 3.08. The molecule has 0 spiro atoms. The van der Waals surface area contributed by atoms with E-state index >= 15 is 0 Å². The van der Waals surface area contributed by atoms with Crippen molar-refractivity contribution in [3.05, 3.63) is 0 Å². The molecule has 0 radical (unpaired) electrons. The molecule has 7 heteroatoms. The lowest BCUT2D eigenvalue weighted by atomic mass is 10.1. The summed E-state index contributed by atoms with van der Waals surface area (Å²) in [6.45, 7) is 0. The van der Waals surface area contributed by atoms with Gasteiger partial charge in [-0.05, 0) is 0 Å². The summed E-state index contributed by atoms with van der Waals surface area (Å²) in [7, 11) is 0. The molecule has 1 amide bonds. The van der Waals surface area contributed by atoms with Crippen molar-refractivity contribution in [2.45, 2.75) is 12.5 Å². The van der Waals surface area contributed by atoms with Gasteiger partial charge in [-0.3, -0.25) is 9.59 Å². The lowest BCUT2D eigenvalue weighted by molar-refractivity contribution is -0.147. The van der Waals surface area contributed by atoms with Crippen LogP contribution in [-0.2, 0) is 19.2 Å². The Hall–Kier alpha value is -1.47.